The van der Waals surface area contributed by atoms with Gasteiger partial charge in [0.2, 0.25) is 0 Å². The Morgan fingerprint density at radius 3 is 2.02 bits per heavy atom. The predicted molar refractivity (Wildman–Crippen MR) is 169 cm³/mol. The Bertz CT molecular complexity index is 1440. The molecule has 1 saturated heterocycles. The Kier molecular flexibility index (Phi) is 9.54. The Hall–Kier alpha value is -3.46. The molecule has 41 heavy (non-hydrogen) atoms. The molecule has 5 rings (SSSR count). The first kappa shape index (κ1) is 29.0. The fourth-order valence-electron chi connectivity index (χ4n) is 5.21. The summed E-state index contributed by atoms with van der Waals surface area (Å²) in [7, 11) is 0. The number of piperazine rings is 1. The second kappa shape index (κ2) is 13.5. The topological polar surface area (TPSA) is 61.9 Å². The van der Waals surface area contributed by atoms with Crippen LogP contribution in [0.2, 0.25) is 0 Å². The van der Waals surface area contributed by atoms with Crippen molar-refractivity contribution in [2.24, 2.45) is 0 Å². The molecule has 1 aliphatic heterocycles. The van der Waals surface area contributed by atoms with E-state index in [0.717, 1.165) is 27.6 Å². The van der Waals surface area contributed by atoms with Crippen LogP contribution in [0.5, 0.6) is 5.75 Å². The number of carbonyl (C=O) groups is 2. The summed E-state index contributed by atoms with van der Waals surface area (Å²) in [5, 5.41) is 2.87. The van der Waals surface area contributed by atoms with E-state index in [2.05, 4.69) is 90.6 Å². The molecule has 4 aromatic rings. The molecule has 0 atom stereocenters. The number of hydrogen-bond donors (Lipinski definition) is 1. The van der Waals surface area contributed by atoms with Crippen molar-refractivity contribution in [2.75, 3.05) is 38.1 Å². The summed E-state index contributed by atoms with van der Waals surface area (Å²) in [6, 6.07) is 32.0. The number of hydrogen-bond acceptors (Lipinski definition) is 4. The van der Waals surface area contributed by atoms with E-state index in [4.69, 9.17) is 4.74 Å². The van der Waals surface area contributed by atoms with E-state index in [0.29, 0.717) is 30.1 Å². The van der Waals surface area contributed by atoms with Gasteiger partial charge in [-0.25, -0.2) is 0 Å². The smallest absolute Gasteiger partial charge is 0.262 e. The lowest BCUT2D eigenvalue weighted by Crippen LogP contribution is -2.50. The average molecular weight is 677 g/mol. The molecule has 1 N–H and O–H groups in total. The van der Waals surface area contributed by atoms with Crippen molar-refractivity contribution < 1.29 is 14.3 Å². The number of ether oxygens (including phenoxy) is 1. The number of para-hydroxylation sites is 1. The van der Waals surface area contributed by atoms with Gasteiger partial charge in [-0.1, -0.05) is 88.7 Å². The zero-order chi connectivity index (χ0) is 28.8. The van der Waals surface area contributed by atoms with E-state index in [-0.39, 0.29) is 24.5 Å². The molecule has 2 amide bonds. The SMILES string of the molecule is Cc1cc(Br)cc(Br)c1OCC(=O)Nc1ccccc1C(=O)N1CCN(C(c2ccccc2)c2ccccc2)CC1. The largest absolute Gasteiger partial charge is 0.482 e. The highest BCUT2D eigenvalue weighted by Gasteiger charge is 2.29. The molecule has 0 saturated carbocycles. The molecule has 1 heterocycles. The summed E-state index contributed by atoms with van der Waals surface area (Å²) in [4.78, 5) is 30.8. The van der Waals surface area contributed by atoms with E-state index in [9.17, 15) is 9.59 Å². The predicted octanol–water partition coefficient (Wildman–Crippen LogP) is 7.08. The van der Waals surface area contributed by atoms with Gasteiger partial charge >= 0.3 is 0 Å². The number of nitrogens with zero attached hydrogens (tertiary/aromatic N) is 2. The Balaban J connectivity index is 1.24. The third-order valence-electron chi connectivity index (χ3n) is 7.17. The Morgan fingerprint density at radius 2 is 1.41 bits per heavy atom. The van der Waals surface area contributed by atoms with Crippen LogP contribution in [-0.2, 0) is 4.79 Å². The number of benzene rings is 4. The third-order valence-corrected chi connectivity index (χ3v) is 8.22. The van der Waals surface area contributed by atoms with Crippen LogP contribution in [0.25, 0.3) is 0 Å². The number of halogens is 2. The van der Waals surface area contributed by atoms with Crippen LogP contribution in [0.4, 0.5) is 5.69 Å². The molecule has 0 spiro atoms. The second-order valence-electron chi connectivity index (χ2n) is 9.97. The molecule has 6 nitrogen and oxygen atoms in total. The number of rotatable bonds is 8. The molecule has 210 valence electrons. The number of nitrogens with one attached hydrogen (secondary N) is 1. The summed E-state index contributed by atoms with van der Waals surface area (Å²) >= 11 is 6.94. The first-order valence-electron chi connectivity index (χ1n) is 13.5. The molecule has 0 aromatic heterocycles. The Labute approximate surface area is 257 Å². The fourth-order valence-corrected chi connectivity index (χ4v) is 6.77. The summed E-state index contributed by atoms with van der Waals surface area (Å²) in [5.41, 5.74) is 4.32. The number of carbonyl (C=O) groups excluding carboxylic acids is 2. The van der Waals surface area contributed by atoms with Gasteiger partial charge in [0.15, 0.2) is 6.61 Å². The van der Waals surface area contributed by atoms with Gasteiger partial charge in [-0.05, 0) is 63.8 Å². The molecule has 1 aliphatic rings. The highest BCUT2D eigenvalue weighted by Crippen LogP contribution is 2.33. The highest BCUT2D eigenvalue weighted by atomic mass is 79.9. The molecular weight excluding hydrogens is 646 g/mol. The molecule has 0 unspecified atom stereocenters. The van der Waals surface area contributed by atoms with Gasteiger partial charge < -0.3 is 15.0 Å². The molecular formula is C33H31Br2N3O3. The van der Waals surface area contributed by atoms with Crippen LogP contribution in [-0.4, -0.2) is 54.4 Å². The van der Waals surface area contributed by atoms with E-state index in [1.54, 1.807) is 12.1 Å². The van der Waals surface area contributed by atoms with Crippen LogP contribution in [0.3, 0.4) is 0 Å². The maximum Gasteiger partial charge on any atom is 0.262 e. The van der Waals surface area contributed by atoms with Crippen LogP contribution < -0.4 is 10.1 Å². The molecule has 0 bridgehead atoms. The molecule has 8 heteroatoms. The van der Waals surface area contributed by atoms with E-state index in [1.165, 1.54) is 11.1 Å². The van der Waals surface area contributed by atoms with Crippen LogP contribution >= 0.6 is 31.9 Å². The minimum atomic E-state index is -0.335. The average Bonchev–Trinajstić information content (AvgIpc) is 2.98. The third kappa shape index (κ3) is 7.07. The number of aryl methyl sites for hydroxylation is 1. The quantitative estimate of drug-likeness (QED) is 0.217. The first-order chi connectivity index (χ1) is 19.9. The molecule has 0 aliphatic carbocycles. The van der Waals surface area contributed by atoms with Crippen molar-refractivity contribution >= 4 is 49.4 Å². The lowest BCUT2D eigenvalue weighted by atomic mass is 9.96. The standard InChI is InChI=1S/C33H31Br2N3O3/c1-23-20-26(34)21-28(35)32(23)41-22-30(39)36-29-15-9-8-14-27(29)33(40)38-18-16-37(17-19-38)31(24-10-4-2-5-11-24)25-12-6-3-7-13-25/h2-15,20-21,31H,16-19,22H2,1H3,(H,36,39). The molecule has 0 radical (unpaired) electrons. The van der Waals surface area contributed by atoms with Crippen molar-refractivity contribution in [2.45, 2.75) is 13.0 Å². The van der Waals surface area contributed by atoms with Gasteiger partial charge in [-0.15, -0.1) is 0 Å². The van der Waals surface area contributed by atoms with Gasteiger partial charge in [0, 0.05) is 30.7 Å². The van der Waals surface area contributed by atoms with E-state index in [1.807, 2.05) is 48.2 Å². The summed E-state index contributed by atoms with van der Waals surface area (Å²) in [6.07, 6.45) is 0. The minimum Gasteiger partial charge on any atom is -0.482 e. The lowest BCUT2D eigenvalue weighted by molar-refractivity contribution is -0.118. The van der Waals surface area contributed by atoms with Crippen molar-refractivity contribution in [1.29, 1.82) is 0 Å². The van der Waals surface area contributed by atoms with Crippen molar-refractivity contribution in [3.05, 3.63) is 128 Å². The molecule has 4 aromatic carbocycles. The van der Waals surface area contributed by atoms with Crippen LogP contribution in [0.15, 0.2) is 106 Å². The summed E-state index contributed by atoms with van der Waals surface area (Å²) in [5.74, 6) is 0.177. The molecule has 1 fully saturated rings. The fraction of sp³-hybridized carbons (Fsp3) is 0.212. The van der Waals surface area contributed by atoms with Crippen molar-refractivity contribution in [1.82, 2.24) is 9.80 Å². The van der Waals surface area contributed by atoms with Crippen LogP contribution in [0, 0.1) is 6.92 Å². The van der Waals surface area contributed by atoms with Gasteiger partial charge in [0.1, 0.15) is 5.75 Å². The lowest BCUT2D eigenvalue weighted by Gasteiger charge is -2.40. The second-order valence-corrected chi connectivity index (χ2v) is 11.7. The van der Waals surface area contributed by atoms with Gasteiger partial charge in [0.05, 0.1) is 21.8 Å². The van der Waals surface area contributed by atoms with E-state index < -0.39 is 0 Å². The zero-order valence-electron chi connectivity index (χ0n) is 22.7. The van der Waals surface area contributed by atoms with E-state index >= 15 is 0 Å². The summed E-state index contributed by atoms with van der Waals surface area (Å²) in [6.45, 7) is 4.41. The van der Waals surface area contributed by atoms with Gasteiger partial charge in [0.25, 0.3) is 11.8 Å². The van der Waals surface area contributed by atoms with Gasteiger partial charge in [-0.3, -0.25) is 14.5 Å². The number of amides is 2. The van der Waals surface area contributed by atoms with Crippen molar-refractivity contribution in [3.8, 4) is 5.75 Å². The monoisotopic (exact) mass is 675 g/mol. The normalized spacial score (nSPS) is 13.7. The maximum absolute atomic E-state index is 13.6. The minimum absolute atomic E-state index is 0.0936. The number of anilines is 1. The zero-order valence-corrected chi connectivity index (χ0v) is 25.9. The van der Waals surface area contributed by atoms with Crippen molar-refractivity contribution in [3.63, 3.8) is 0 Å². The highest BCUT2D eigenvalue weighted by molar-refractivity contribution is 9.11. The van der Waals surface area contributed by atoms with Crippen LogP contribution in [0.1, 0.15) is 33.1 Å². The summed E-state index contributed by atoms with van der Waals surface area (Å²) < 4.78 is 7.48. The maximum atomic E-state index is 13.6. The first-order valence-corrected chi connectivity index (χ1v) is 15.1. The van der Waals surface area contributed by atoms with Gasteiger partial charge in [-0.2, -0.15) is 0 Å². The Morgan fingerprint density at radius 1 is 0.829 bits per heavy atom.